The number of likely N-dealkylation sites (tertiary alicyclic amines) is 1. The van der Waals surface area contributed by atoms with Crippen molar-refractivity contribution in [3.8, 4) is 0 Å². The van der Waals surface area contributed by atoms with Crippen LogP contribution in [-0.2, 0) is 11.0 Å². The van der Waals surface area contributed by atoms with E-state index >= 15 is 0 Å². The van der Waals surface area contributed by atoms with Crippen LogP contribution < -0.4 is 10.6 Å². The number of allylic oxidation sites excluding steroid dienone is 1. The van der Waals surface area contributed by atoms with E-state index in [-0.39, 0.29) is 16.4 Å². The Kier molecular flexibility index (Phi) is 9.03. The first-order chi connectivity index (χ1) is 19.0. The number of piperidine rings is 1. The summed E-state index contributed by atoms with van der Waals surface area (Å²) in [6.07, 6.45) is 4.07. The molecular formula is C25H23ClF3N7O3S. The maximum atomic E-state index is 13.1. The minimum absolute atomic E-state index is 0.107. The van der Waals surface area contributed by atoms with Crippen molar-refractivity contribution in [2.45, 2.75) is 38.4 Å². The van der Waals surface area contributed by atoms with Crippen LogP contribution in [0.2, 0.25) is 5.02 Å². The molecule has 10 nitrogen and oxygen atoms in total. The smallest absolute Gasteiger partial charge is 0.411 e. The Morgan fingerprint density at radius 2 is 1.98 bits per heavy atom. The summed E-state index contributed by atoms with van der Waals surface area (Å²) in [6.45, 7) is 2.89. The third kappa shape index (κ3) is 7.14. The first kappa shape index (κ1) is 29.0. The molecule has 15 heteroatoms. The zero-order chi connectivity index (χ0) is 28.9. The molecule has 1 atom stereocenters. The topological polar surface area (TPSA) is 132 Å². The van der Waals surface area contributed by atoms with Crippen LogP contribution >= 0.6 is 22.9 Å². The lowest BCUT2D eigenvalue weighted by Crippen LogP contribution is -2.33. The molecule has 2 aliphatic rings. The molecule has 0 bridgehead atoms. The second-order valence-corrected chi connectivity index (χ2v) is 10.2. The number of thiazole rings is 1. The molecule has 0 aliphatic carbocycles. The zero-order valence-corrected chi connectivity index (χ0v) is 22.6. The average molecular weight is 594 g/mol. The summed E-state index contributed by atoms with van der Waals surface area (Å²) < 4.78 is 39.3. The Morgan fingerprint density at radius 3 is 2.67 bits per heavy atom. The van der Waals surface area contributed by atoms with E-state index in [9.17, 15) is 22.8 Å². The van der Waals surface area contributed by atoms with E-state index in [4.69, 9.17) is 16.8 Å². The van der Waals surface area contributed by atoms with Gasteiger partial charge in [0.15, 0.2) is 0 Å². The number of nitrogens with one attached hydrogen (secondary N) is 2. The predicted molar refractivity (Wildman–Crippen MR) is 144 cm³/mol. The second kappa shape index (κ2) is 12.5. The van der Waals surface area contributed by atoms with Gasteiger partial charge in [0.2, 0.25) is 0 Å². The third-order valence-corrected chi connectivity index (χ3v) is 7.38. The fourth-order valence-corrected chi connectivity index (χ4v) is 4.84. The van der Waals surface area contributed by atoms with Crippen LogP contribution in [0.15, 0.2) is 57.9 Å². The van der Waals surface area contributed by atoms with Gasteiger partial charge in [-0.25, -0.2) is 9.97 Å². The number of hydrogen-bond donors (Lipinski definition) is 3. The van der Waals surface area contributed by atoms with E-state index in [1.807, 2.05) is 11.0 Å². The van der Waals surface area contributed by atoms with Crippen molar-refractivity contribution in [3.63, 3.8) is 0 Å². The van der Waals surface area contributed by atoms with Crippen LogP contribution in [0.3, 0.4) is 0 Å². The average Bonchev–Trinajstić information content (AvgIpc) is 3.40. The van der Waals surface area contributed by atoms with Crippen molar-refractivity contribution in [2.24, 2.45) is 10.1 Å². The summed E-state index contributed by atoms with van der Waals surface area (Å²) in [4.78, 5) is 40.0. The van der Waals surface area contributed by atoms with Gasteiger partial charge in [-0.2, -0.15) is 13.2 Å². The molecule has 2 aromatic rings. The van der Waals surface area contributed by atoms with Crippen LogP contribution in [0.4, 0.5) is 19.0 Å². The van der Waals surface area contributed by atoms with E-state index in [1.165, 1.54) is 6.20 Å². The highest BCUT2D eigenvalue weighted by atomic mass is 35.5. The first-order valence-corrected chi connectivity index (χ1v) is 13.2. The summed E-state index contributed by atoms with van der Waals surface area (Å²) in [5, 5.41) is 17.2. The minimum Gasteiger partial charge on any atom is -0.411 e. The number of aromatic nitrogens is 2. The summed E-state index contributed by atoms with van der Waals surface area (Å²) in [5.41, 5.74) is 3.62. The van der Waals surface area contributed by atoms with E-state index in [2.05, 4.69) is 36.5 Å². The summed E-state index contributed by atoms with van der Waals surface area (Å²) in [7, 11) is 0. The highest BCUT2D eigenvalue weighted by Gasteiger charge is 2.34. The van der Waals surface area contributed by atoms with E-state index in [1.54, 1.807) is 19.2 Å². The molecule has 2 amide bonds. The van der Waals surface area contributed by atoms with Gasteiger partial charge in [0.25, 0.3) is 11.8 Å². The van der Waals surface area contributed by atoms with Crippen LogP contribution in [0.5, 0.6) is 0 Å². The molecule has 40 heavy (non-hydrogen) atoms. The Balaban J connectivity index is 1.42. The van der Waals surface area contributed by atoms with Crippen molar-refractivity contribution in [1.82, 2.24) is 20.2 Å². The number of amides is 2. The Morgan fingerprint density at radius 1 is 1.23 bits per heavy atom. The standard InChI is InChI=1S/C25H23ClF3N7O3S/c1-14(24-32-13-20(40-24)23(38)34-21-11-17(25(27,28)29)18(26)12-31-21)33-22(37)19-10-16(4-2-3-7-30-19)36-8-5-15(35-39)6-9-36/h2,7,10-14,39H,3,5-6,8-9H2,1H3,(H,33,37)(H,31,34,38)/t4?,14-/m1/s1. The van der Waals surface area contributed by atoms with Gasteiger partial charge < -0.3 is 20.7 Å². The molecule has 4 rings (SSSR count). The highest BCUT2D eigenvalue weighted by Crippen LogP contribution is 2.35. The van der Waals surface area contributed by atoms with Crippen LogP contribution in [0.1, 0.15) is 52.5 Å². The van der Waals surface area contributed by atoms with Crippen molar-refractivity contribution in [2.75, 3.05) is 18.4 Å². The fraction of sp³-hybridized carbons (Fsp3) is 0.320. The van der Waals surface area contributed by atoms with Crippen molar-refractivity contribution < 1.29 is 28.0 Å². The molecular weight excluding hydrogens is 571 g/mol. The molecule has 0 aromatic carbocycles. The van der Waals surface area contributed by atoms with Gasteiger partial charge in [-0.15, -0.1) is 11.3 Å². The Bertz CT molecular complexity index is 1450. The number of oxime groups is 1. The largest absolute Gasteiger partial charge is 0.418 e. The molecule has 1 saturated heterocycles. The lowest BCUT2D eigenvalue weighted by Gasteiger charge is -2.29. The lowest BCUT2D eigenvalue weighted by molar-refractivity contribution is -0.137. The van der Waals surface area contributed by atoms with E-state index in [0.29, 0.717) is 54.8 Å². The molecule has 4 heterocycles. The summed E-state index contributed by atoms with van der Waals surface area (Å²) in [5.74, 6) is -1.50. The lowest BCUT2D eigenvalue weighted by atomic mass is 10.1. The fourth-order valence-electron chi connectivity index (χ4n) is 3.82. The van der Waals surface area contributed by atoms with Crippen molar-refractivity contribution >= 4 is 52.5 Å². The normalized spacial score (nSPS) is 16.4. The number of rotatable bonds is 6. The molecule has 2 aliphatic heterocycles. The van der Waals surface area contributed by atoms with Gasteiger partial charge in [-0.1, -0.05) is 22.5 Å². The molecule has 0 saturated carbocycles. The third-order valence-electron chi connectivity index (χ3n) is 5.90. The quantitative estimate of drug-likeness (QED) is 0.246. The summed E-state index contributed by atoms with van der Waals surface area (Å²) in [6, 6.07) is 0.0437. The monoisotopic (exact) mass is 593 g/mol. The Labute approximate surface area is 235 Å². The number of nitrogens with zero attached hydrogens (tertiary/aromatic N) is 5. The number of alkyl halides is 3. The number of carbonyl (C=O) groups is 2. The minimum atomic E-state index is -4.71. The van der Waals surface area contributed by atoms with Gasteiger partial charge >= 0.3 is 6.18 Å². The van der Waals surface area contributed by atoms with Crippen LogP contribution in [-0.4, -0.2) is 56.9 Å². The van der Waals surface area contributed by atoms with Crippen molar-refractivity contribution in [3.05, 3.63) is 68.2 Å². The number of halogens is 4. The van der Waals surface area contributed by atoms with Gasteiger partial charge in [0, 0.05) is 50.8 Å². The zero-order valence-electron chi connectivity index (χ0n) is 21.0. The molecule has 210 valence electrons. The number of carbonyl (C=O) groups excluding carboxylic acids is 2. The van der Waals surface area contributed by atoms with Crippen LogP contribution in [0.25, 0.3) is 0 Å². The number of anilines is 1. The molecule has 0 unspecified atom stereocenters. The predicted octanol–water partition coefficient (Wildman–Crippen LogP) is 4.96. The number of pyridine rings is 1. The van der Waals surface area contributed by atoms with E-state index < -0.39 is 34.6 Å². The number of hydrogen-bond acceptors (Lipinski definition) is 9. The van der Waals surface area contributed by atoms with Gasteiger partial charge in [-0.05, 0) is 19.1 Å². The molecule has 2 aromatic heterocycles. The van der Waals surface area contributed by atoms with Crippen molar-refractivity contribution in [1.29, 1.82) is 0 Å². The van der Waals surface area contributed by atoms with E-state index in [0.717, 1.165) is 17.5 Å². The molecule has 0 spiro atoms. The number of aliphatic imine (C=N–C) groups is 1. The first-order valence-electron chi connectivity index (χ1n) is 12.0. The molecule has 1 fully saturated rings. The summed E-state index contributed by atoms with van der Waals surface area (Å²) >= 11 is 6.54. The molecule has 0 radical (unpaired) electrons. The Hall–Kier alpha value is -4.00. The van der Waals surface area contributed by atoms with Gasteiger partial charge in [-0.3, -0.25) is 14.6 Å². The maximum absolute atomic E-state index is 13.1. The highest BCUT2D eigenvalue weighted by molar-refractivity contribution is 7.13. The SMILES string of the molecule is C[C@@H](NC(=O)C1=CC(N2CCC(=NO)CC2)=C=CCC=N1)c1ncc(C(=O)Nc2cc(C(F)(F)F)c(Cl)cn2)s1. The molecule has 3 N–H and O–H groups in total. The maximum Gasteiger partial charge on any atom is 0.418 e. The van der Waals surface area contributed by atoms with Crippen LogP contribution in [0, 0.1) is 0 Å². The van der Waals surface area contributed by atoms with Gasteiger partial charge in [0.1, 0.15) is 21.4 Å². The second-order valence-electron chi connectivity index (χ2n) is 8.72. The van der Waals surface area contributed by atoms with Gasteiger partial charge in [0.05, 0.1) is 34.2 Å².